The third-order valence-corrected chi connectivity index (χ3v) is 4.97. The number of hydrogen-bond acceptors (Lipinski definition) is 4. The first-order valence-electron chi connectivity index (χ1n) is 9.04. The Labute approximate surface area is 147 Å². The highest BCUT2D eigenvalue weighted by Gasteiger charge is 2.19. The second kappa shape index (κ2) is 6.94. The Morgan fingerprint density at radius 1 is 1.20 bits per heavy atom. The molecule has 130 valence electrons. The lowest BCUT2D eigenvalue weighted by Crippen LogP contribution is -2.23. The van der Waals surface area contributed by atoms with Crippen molar-refractivity contribution in [1.29, 1.82) is 0 Å². The van der Waals surface area contributed by atoms with Gasteiger partial charge in [-0.2, -0.15) is 5.10 Å². The number of rotatable bonds is 4. The van der Waals surface area contributed by atoms with Crippen LogP contribution in [0.1, 0.15) is 42.8 Å². The van der Waals surface area contributed by atoms with Crippen LogP contribution in [0.5, 0.6) is 0 Å². The van der Waals surface area contributed by atoms with Crippen LogP contribution in [0.25, 0.3) is 10.9 Å². The van der Waals surface area contributed by atoms with Crippen LogP contribution in [0.2, 0.25) is 0 Å². The summed E-state index contributed by atoms with van der Waals surface area (Å²) in [6, 6.07) is 12.5. The van der Waals surface area contributed by atoms with Crippen LogP contribution >= 0.6 is 0 Å². The lowest BCUT2D eigenvalue weighted by molar-refractivity contribution is 0.167. The third-order valence-electron chi connectivity index (χ3n) is 4.97. The SMILES string of the molecule is CC[C@H](O)c1cc2n(n1)CCCN(Cc1ccnc3ccccc13)C2. The molecule has 25 heavy (non-hydrogen) atoms. The number of hydrogen-bond donors (Lipinski definition) is 1. The molecule has 5 heteroatoms. The molecule has 0 bridgehead atoms. The van der Waals surface area contributed by atoms with Crippen LogP contribution in [0.3, 0.4) is 0 Å². The summed E-state index contributed by atoms with van der Waals surface area (Å²) in [6.07, 6.45) is 3.20. The maximum absolute atomic E-state index is 10.1. The first kappa shape index (κ1) is 16.2. The normalized spacial score (nSPS) is 16.6. The van der Waals surface area contributed by atoms with Gasteiger partial charge in [0.15, 0.2) is 0 Å². The quantitative estimate of drug-likeness (QED) is 0.794. The highest BCUT2D eigenvalue weighted by atomic mass is 16.3. The van der Waals surface area contributed by atoms with Gasteiger partial charge < -0.3 is 5.11 Å². The molecule has 1 atom stereocenters. The van der Waals surface area contributed by atoms with Gasteiger partial charge in [-0.1, -0.05) is 25.1 Å². The molecule has 0 amide bonds. The van der Waals surface area contributed by atoms with E-state index in [2.05, 4.69) is 50.0 Å². The minimum Gasteiger partial charge on any atom is -0.387 e. The van der Waals surface area contributed by atoms with E-state index in [0.29, 0.717) is 6.42 Å². The summed E-state index contributed by atoms with van der Waals surface area (Å²) in [5.41, 5.74) is 4.35. The first-order chi connectivity index (χ1) is 12.2. The van der Waals surface area contributed by atoms with Crippen LogP contribution in [0.4, 0.5) is 0 Å². The molecule has 0 saturated heterocycles. The Morgan fingerprint density at radius 3 is 2.96 bits per heavy atom. The molecule has 3 aromatic rings. The number of fused-ring (bicyclic) bond motifs is 2. The van der Waals surface area contributed by atoms with Crippen molar-refractivity contribution in [3.8, 4) is 0 Å². The Kier molecular flexibility index (Phi) is 4.51. The third kappa shape index (κ3) is 3.30. The van der Waals surface area contributed by atoms with Crippen molar-refractivity contribution in [2.24, 2.45) is 0 Å². The maximum atomic E-state index is 10.1. The van der Waals surface area contributed by atoms with E-state index in [1.54, 1.807) is 0 Å². The van der Waals surface area contributed by atoms with Crippen LogP contribution in [0.15, 0.2) is 42.6 Å². The maximum Gasteiger partial charge on any atom is 0.0975 e. The molecular formula is C20H24N4O. The topological polar surface area (TPSA) is 54.2 Å². The molecule has 0 unspecified atom stereocenters. The minimum absolute atomic E-state index is 0.461. The van der Waals surface area contributed by atoms with E-state index in [9.17, 15) is 5.11 Å². The summed E-state index contributed by atoms with van der Waals surface area (Å²) >= 11 is 0. The number of para-hydroxylation sites is 1. The predicted molar refractivity (Wildman–Crippen MR) is 98.0 cm³/mol. The number of benzene rings is 1. The molecule has 1 aliphatic heterocycles. The first-order valence-corrected chi connectivity index (χ1v) is 9.04. The molecule has 3 heterocycles. The van der Waals surface area contributed by atoms with Crippen LogP contribution in [-0.4, -0.2) is 31.3 Å². The van der Waals surface area contributed by atoms with Crippen molar-refractivity contribution in [2.75, 3.05) is 6.54 Å². The summed E-state index contributed by atoms with van der Waals surface area (Å²) in [6.45, 7) is 5.71. The summed E-state index contributed by atoms with van der Waals surface area (Å²) in [5.74, 6) is 0. The Balaban J connectivity index is 1.58. The van der Waals surface area contributed by atoms with Crippen molar-refractivity contribution >= 4 is 10.9 Å². The van der Waals surface area contributed by atoms with Crippen molar-refractivity contribution in [1.82, 2.24) is 19.7 Å². The molecule has 1 aliphatic rings. The summed E-state index contributed by atoms with van der Waals surface area (Å²) in [4.78, 5) is 6.92. The second-order valence-corrected chi connectivity index (χ2v) is 6.76. The van der Waals surface area contributed by atoms with Crippen molar-refractivity contribution < 1.29 is 5.11 Å². The number of aryl methyl sites for hydroxylation is 1. The van der Waals surface area contributed by atoms with E-state index < -0.39 is 6.10 Å². The molecule has 4 rings (SSSR count). The number of nitrogens with zero attached hydrogens (tertiary/aromatic N) is 4. The van der Waals surface area contributed by atoms with Gasteiger partial charge in [-0.3, -0.25) is 14.6 Å². The van der Waals surface area contributed by atoms with Crippen LogP contribution < -0.4 is 0 Å². The lowest BCUT2D eigenvalue weighted by atomic mass is 10.1. The summed E-state index contributed by atoms with van der Waals surface area (Å²) in [7, 11) is 0. The fourth-order valence-corrected chi connectivity index (χ4v) is 3.59. The summed E-state index contributed by atoms with van der Waals surface area (Å²) < 4.78 is 2.07. The van der Waals surface area contributed by atoms with E-state index in [1.165, 1.54) is 16.6 Å². The van der Waals surface area contributed by atoms with Gasteiger partial charge in [-0.15, -0.1) is 0 Å². The molecule has 5 nitrogen and oxygen atoms in total. The van der Waals surface area contributed by atoms with Gasteiger partial charge in [0.05, 0.1) is 23.0 Å². The predicted octanol–water partition coefficient (Wildman–Crippen LogP) is 3.28. The zero-order valence-electron chi connectivity index (χ0n) is 14.6. The minimum atomic E-state index is -0.461. The zero-order valence-corrected chi connectivity index (χ0v) is 14.6. The zero-order chi connectivity index (χ0) is 17.2. The molecule has 1 aromatic carbocycles. The fraction of sp³-hybridized carbons (Fsp3) is 0.400. The van der Waals surface area contributed by atoms with Gasteiger partial charge in [0.2, 0.25) is 0 Å². The standard InChI is InChI=1S/C20H24N4O/c1-2-20(25)19-12-16-14-23(10-5-11-24(16)22-19)13-15-8-9-21-18-7-4-3-6-17(15)18/h3-4,6-9,12,20,25H,2,5,10-11,13-14H2,1H3/t20-/m0/s1. The number of pyridine rings is 1. The molecule has 0 saturated carbocycles. The van der Waals surface area contributed by atoms with E-state index in [4.69, 9.17) is 0 Å². The molecule has 0 aliphatic carbocycles. The Bertz CT molecular complexity index is 868. The molecule has 0 spiro atoms. The van der Waals surface area contributed by atoms with Gasteiger partial charge in [-0.25, -0.2) is 0 Å². The number of aromatic nitrogens is 3. The van der Waals surface area contributed by atoms with Crippen LogP contribution in [-0.2, 0) is 19.6 Å². The van der Waals surface area contributed by atoms with E-state index >= 15 is 0 Å². The van der Waals surface area contributed by atoms with E-state index in [0.717, 1.165) is 43.8 Å². The van der Waals surface area contributed by atoms with Gasteiger partial charge >= 0.3 is 0 Å². The van der Waals surface area contributed by atoms with Gasteiger partial charge in [0.25, 0.3) is 0 Å². The van der Waals surface area contributed by atoms with Gasteiger partial charge in [-0.05, 0) is 36.6 Å². The van der Waals surface area contributed by atoms with Crippen molar-refractivity contribution in [3.63, 3.8) is 0 Å². The monoisotopic (exact) mass is 336 g/mol. The van der Waals surface area contributed by atoms with Crippen LogP contribution in [0, 0.1) is 0 Å². The molecule has 0 radical (unpaired) electrons. The van der Waals surface area contributed by atoms with Crippen molar-refractivity contribution in [2.45, 2.75) is 45.5 Å². The fourth-order valence-electron chi connectivity index (χ4n) is 3.59. The summed E-state index contributed by atoms with van der Waals surface area (Å²) in [5, 5.41) is 15.9. The molecular weight excluding hydrogens is 312 g/mol. The van der Waals surface area contributed by atoms with E-state index in [-0.39, 0.29) is 0 Å². The average Bonchev–Trinajstić information content (AvgIpc) is 2.94. The van der Waals surface area contributed by atoms with Crippen molar-refractivity contribution in [3.05, 3.63) is 59.5 Å². The molecule has 0 fully saturated rings. The smallest absolute Gasteiger partial charge is 0.0975 e. The second-order valence-electron chi connectivity index (χ2n) is 6.76. The molecule has 2 aromatic heterocycles. The largest absolute Gasteiger partial charge is 0.387 e. The van der Waals surface area contributed by atoms with Gasteiger partial charge in [0, 0.05) is 37.8 Å². The molecule has 1 N–H and O–H groups in total. The number of aliphatic hydroxyl groups is 1. The van der Waals surface area contributed by atoms with E-state index in [1.807, 2.05) is 19.2 Å². The highest BCUT2D eigenvalue weighted by Crippen LogP contribution is 2.23. The Morgan fingerprint density at radius 2 is 2.08 bits per heavy atom. The van der Waals surface area contributed by atoms with Gasteiger partial charge in [0.1, 0.15) is 0 Å². The average molecular weight is 336 g/mol. The lowest BCUT2D eigenvalue weighted by Gasteiger charge is -2.20. The highest BCUT2D eigenvalue weighted by molar-refractivity contribution is 5.81. The number of aliphatic hydroxyl groups excluding tert-OH is 1. The Hall–Kier alpha value is -2.24.